The molecule has 0 spiro atoms. The normalized spacial score (nSPS) is 18.6. The summed E-state index contributed by atoms with van der Waals surface area (Å²) in [5, 5.41) is 5.78. The molecule has 1 fully saturated rings. The van der Waals surface area contributed by atoms with E-state index >= 15 is 0 Å². The molecule has 2 atom stereocenters. The number of carbonyl (C=O) groups is 2. The summed E-state index contributed by atoms with van der Waals surface area (Å²) in [7, 11) is 0. The zero-order chi connectivity index (χ0) is 14.3. The van der Waals surface area contributed by atoms with Crippen LogP contribution in [0.15, 0.2) is 0 Å². The van der Waals surface area contributed by atoms with Crippen molar-refractivity contribution in [3.05, 3.63) is 0 Å². The van der Waals surface area contributed by atoms with E-state index in [0.29, 0.717) is 19.0 Å². The Morgan fingerprint density at radius 2 is 1.80 bits per heavy atom. The average Bonchev–Trinajstić information content (AvgIpc) is 2.38. The number of hydrogen-bond acceptors (Lipinski definition) is 3. The molecule has 1 saturated carbocycles. The van der Waals surface area contributed by atoms with Gasteiger partial charge in [0.2, 0.25) is 11.8 Å². The highest BCUT2D eigenvalue weighted by atomic mass is 35.5. The quantitative estimate of drug-likeness (QED) is 0.692. The van der Waals surface area contributed by atoms with E-state index in [1.807, 2.05) is 0 Å². The van der Waals surface area contributed by atoms with E-state index in [0.717, 1.165) is 12.8 Å². The summed E-state index contributed by atoms with van der Waals surface area (Å²) in [5.41, 5.74) is 5.65. The number of halogens is 1. The first kappa shape index (κ1) is 19.2. The van der Waals surface area contributed by atoms with Crippen LogP contribution in [0.3, 0.4) is 0 Å². The summed E-state index contributed by atoms with van der Waals surface area (Å²) in [4.78, 5) is 23.3. The largest absolute Gasteiger partial charge is 0.355 e. The molecule has 2 unspecified atom stereocenters. The Labute approximate surface area is 127 Å². The van der Waals surface area contributed by atoms with Gasteiger partial charge in [0.05, 0.1) is 0 Å². The molecule has 0 radical (unpaired) electrons. The highest BCUT2D eigenvalue weighted by Gasteiger charge is 2.18. The van der Waals surface area contributed by atoms with Gasteiger partial charge >= 0.3 is 0 Å². The molecule has 1 aliphatic rings. The fourth-order valence-corrected chi connectivity index (χ4v) is 2.25. The topological polar surface area (TPSA) is 84.2 Å². The maximum Gasteiger partial charge on any atom is 0.224 e. The third-order valence-electron chi connectivity index (χ3n) is 3.82. The Hall–Kier alpha value is -0.810. The van der Waals surface area contributed by atoms with Crippen molar-refractivity contribution in [1.29, 1.82) is 0 Å². The van der Waals surface area contributed by atoms with Gasteiger partial charge in [0.15, 0.2) is 0 Å². The lowest BCUT2D eigenvalue weighted by Crippen LogP contribution is -2.41. The monoisotopic (exact) mass is 305 g/mol. The van der Waals surface area contributed by atoms with Crippen LogP contribution in [-0.2, 0) is 9.59 Å². The smallest absolute Gasteiger partial charge is 0.224 e. The minimum Gasteiger partial charge on any atom is -0.355 e. The Kier molecular flexibility index (Phi) is 9.59. The third kappa shape index (κ3) is 7.10. The Bertz CT molecular complexity index is 305. The number of carbonyl (C=O) groups excluding carboxylic acids is 2. The van der Waals surface area contributed by atoms with E-state index in [-0.39, 0.29) is 36.2 Å². The molecule has 4 N–H and O–H groups in total. The maximum atomic E-state index is 11.7. The molecule has 0 aromatic rings. The lowest BCUT2D eigenvalue weighted by atomic mass is 9.95. The lowest BCUT2D eigenvalue weighted by molar-refractivity contribution is -0.125. The highest BCUT2D eigenvalue weighted by molar-refractivity contribution is 5.85. The second kappa shape index (κ2) is 10.00. The summed E-state index contributed by atoms with van der Waals surface area (Å²) in [5.74, 6) is -0.275. The van der Waals surface area contributed by atoms with Gasteiger partial charge in [-0.05, 0) is 19.8 Å². The van der Waals surface area contributed by atoms with Gasteiger partial charge in [-0.25, -0.2) is 0 Å². The molecule has 5 nitrogen and oxygen atoms in total. The van der Waals surface area contributed by atoms with Crippen LogP contribution < -0.4 is 16.4 Å². The molecule has 0 aromatic carbocycles. The number of amides is 2. The maximum absolute atomic E-state index is 11.7. The molecule has 1 rings (SSSR count). The van der Waals surface area contributed by atoms with Crippen molar-refractivity contribution in [2.24, 2.45) is 11.7 Å². The predicted molar refractivity (Wildman–Crippen MR) is 82.7 cm³/mol. The second-order valence-electron chi connectivity index (χ2n) is 5.59. The SMILES string of the molecule is CC(N)C(C)C(=O)NCCC(=O)NC1CCCCC1.Cl. The summed E-state index contributed by atoms with van der Waals surface area (Å²) in [6.45, 7) is 3.98. The molecule has 0 bridgehead atoms. The summed E-state index contributed by atoms with van der Waals surface area (Å²) in [6.07, 6.45) is 6.19. The van der Waals surface area contributed by atoms with Crippen molar-refractivity contribution in [1.82, 2.24) is 10.6 Å². The van der Waals surface area contributed by atoms with Gasteiger partial charge in [0, 0.05) is 31.0 Å². The van der Waals surface area contributed by atoms with E-state index < -0.39 is 0 Å². The zero-order valence-electron chi connectivity index (χ0n) is 12.5. The van der Waals surface area contributed by atoms with Gasteiger partial charge in [0.25, 0.3) is 0 Å². The van der Waals surface area contributed by atoms with Gasteiger partial charge in [-0.15, -0.1) is 12.4 Å². The van der Waals surface area contributed by atoms with Crippen LogP contribution in [-0.4, -0.2) is 30.4 Å². The Balaban J connectivity index is 0.00000361. The van der Waals surface area contributed by atoms with Gasteiger partial charge < -0.3 is 16.4 Å². The Morgan fingerprint density at radius 3 is 2.35 bits per heavy atom. The average molecular weight is 306 g/mol. The van der Waals surface area contributed by atoms with E-state index in [9.17, 15) is 9.59 Å². The molecular formula is C14H28ClN3O2. The molecule has 2 amide bonds. The standard InChI is InChI=1S/C14H27N3O2.ClH/c1-10(11(2)15)14(19)16-9-8-13(18)17-12-6-4-3-5-7-12;/h10-12H,3-9,15H2,1-2H3,(H,16,19)(H,17,18);1H. The van der Waals surface area contributed by atoms with Crippen molar-refractivity contribution >= 4 is 24.2 Å². The Morgan fingerprint density at radius 1 is 1.20 bits per heavy atom. The first-order chi connectivity index (χ1) is 9.00. The van der Waals surface area contributed by atoms with Gasteiger partial charge in [0.1, 0.15) is 0 Å². The minimum atomic E-state index is -0.221. The first-order valence-electron chi connectivity index (χ1n) is 7.33. The summed E-state index contributed by atoms with van der Waals surface area (Å²) >= 11 is 0. The number of nitrogens with one attached hydrogen (secondary N) is 2. The van der Waals surface area contributed by atoms with Crippen LogP contribution in [0.25, 0.3) is 0 Å². The van der Waals surface area contributed by atoms with Crippen LogP contribution in [0, 0.1) is 5.92 Å². The molecule has 0 saturated heterocycles. The second-order valence-corrected chi connectivity index (χ2v) is 5.59. The molecule has 0 aromatic heterocycles. The van der Waals surface area contributed by atoms with Crippen LogP contribution in [0.2, 0.25) is 0 Å². The summed E-state index contributed by atoms with van der Waals surface area (Å²) in [6, 6.07) is 0.163. The minimum absolute atomic E-state index is 0. The van der Waals surface area contributed by atoms with Crippen molar-refractivity contribution in [2.75, 3.05) is 6.54 Å². The van der Waals surface area contributed by atoms with E-state index in [1.165, 1.54) is 19.3 Å². The third-order valence-corrected chi connectivity index (χ3v) is 3.82. The fraction of sp³-hybridized carbons (Fsp3) is 0.857. The molecule has 1 aliphatic carbocycles. The highest BCUT2D eigenvalue weighted by Crippen LogP contribution is 2.17. The van der Waals surface area contributed by atoms with Crippen LogP contribution in [0.4, 0.5) is 0 Å². The fourth-order valence-electron chi connectivity index (χ4n) is 2.25. The van der Waals surface area contributed by atoms with Gasteiger partial charge in [-0.3, -0.25) is 9.59 Å². The van der Waals surface area contributed by atoms with Crippen LogP contribution in [0.1, 0.15) is 52.4 Å². The molecule has 20 heavy (non-hydrogen) atoms. The van der Waals surface area contributed by atoms with E-state index in [4.69, 9.17) is 5.73 Å². The van der Waals surface area contributed by atoms with Crippen LogP contribution >= 0.6 is 12.4 Å². The van der Waals surface area contributed by atoms with Crippen molar-refractivity contribution in [2.45, 2.75) is 64.5 Å². The predicted octanol–water partition coefficient (Wildman–Crippen LogP) is 1.35. The van der Waals surface area contributed by atoms with Crippen molar-refractivity contribution in [3.63, 3.8) is 0 Å². The van der Waals surface area contributed by atoms with Crippen molar-refractivity contribution < 1.29 is 9.59 Å². The molecule has 6 heteroatoms. The summed E-state index contributed by atoms with van der Waals surface area (Å²) < 4.78 is 0. The number of nitrogens with two attached hydrogens (primary N) is 1. The molecule has 118 valence electrons. The number of hydrogen-bond donors (Lipinski definition) is 3. The van der Waals surface area contributed by atoms with Crippen LogP contribution in [0.5, 0.6) is 0 Å². The van der Waals surface area contributed by atoms with Crippen molar-refractivity contribution in [3.8, 4) is 0 Å². The number of rotatable bonds is 6. The zero-order valence-corrected chi connectivity index (χ0v) is 13.3. The molecule has 0 heterocycles. The first-order valence-corrected chi connectivity index (χ1v) is 7.33. The van der Waals surface area contributed by atoms with E-state index in [1.54, 1.807) is 13.8 Å². The van der Waals surface area contributed by atoms with E-state index in [2.05, 4.69) is 10.6 Å². The molecule has 0 aliphatic heterocycles. The van der Waals surface area contributed by atoms with Gasteiger partial charge in [-0.1, -0.05) is 26.2 Å². The lowest BCUT2D eigenvalue weighted by Gasteiger charge is -2.22. The van der Waals surface area contributed by atoms with Gasteiger partial charge in [-0.2, -0.15) is 0 Å². The molecular weight excluding hydrogens is 278 g/mol.